The van der Waals surface area contributed by atoms with E-state index in [9.17, 15) is 10.4 Å². The highest BCUT2D eigenvalue weighted by Crippen LogP contribution is 2.65. The van der Waals surface area contributed by atoms with E-state index in [1.165, 1.54) is 33.3 Å². The fourth-order valence-electron chi connectivity index (χ4n) is 3.28. The van der Waals surface area contributed by atoms with E-state index in [2.05, 4.69) is 6.07 Å². The molecule has 1 aromatic rings. The Bertz CT molecular complexity index is 994. The van der Waals surface area contributed by atoms with Crippen LogP contribution in [0.25, 0.3) is 0 Å². The van der Waals surface area contributed by atoms with Crippen molar-refractivity contribution in [3.05, 3.63) is 45.9 Å². The first-order valence-corrected chi connectivity index (χ1v) is 14.4. The third-order valence-electron chi connectivity index (χ3n) is 5.79. The van der Waals surface area contributed by atoms with E-state index in [0.29, 0.717) is 5.84 Å². The molecule has 0 bridgehead atoms. The van der Waals surface area contributed by atoms with E-state index in [-0.39, 0.29) is 0 Å². The fraction of sp³-hybridized carbons (Fsp3) is 0.421. The largest absolute Gasteiger partial charge is 0.714 e. The Balaban J connectivity index is 1.45. The van der Waals surface area contributed by atoms with Gasteiger partial charge in [-0.3, -0.25) is 4.74 Å². The van der Waals surface area contributed by atoms with E-state index in [1.807, 2.05) is 98.6 Å². The summed E-state index contributed by atoms with van der Waals surface area (Å²) in [7, 11) is 0. The summed E-state index contributed by atoms with van der Waals surface area (Å²) in [6.45, 7) is 7.53. The molecule has 0 aromatic heterocycles. The summed E-state index contributed by atoms with van der Waals surface area (Å²) in [4.78, 5) is 2.37. The summed E-state index contributed by atoms with van der Waals surface area (Å²) in [5.41, 5.74) is -0.660. The quantitative estimate of drug-likeness (QED) is 0.339. The summed E-state index contributed by atoms with van der Waals surface area (Å²) >= 11 is 11.3. The number of fused-ring (bicyclic) bond motifs is 1. The second-order valence-corrected chi connectivity index (χ2v) is 15.4. The van der Waals surface area contributed by atoms with Crippen LogP contribution in [0.3, 0.4) is 0 Å². The van der Waals surface area contributed by atoms with Gasteiger partial charge in [-0.05, 0) is 45.9 Å². The second kappa shape index (κ2) is 7.28. The lowest BCUT2D eigenvalue weighted by Gasteiger charge is -2.33. The molecule has 29 heavy (non-hydrogen) atoms. The SMILES string of the molecule is CC1(C)N(O)C(c2ccc3c(c2)SC(=C2SC4=C(SCCS4)S2)S3)=[N+]([O-])C1(C)C. The molecular weight excluding hydrogens is 481 g/mol. The van der Waals surface area contributed by atoms with Crippen molar-refractivity contribution >= 4 is 76.4 Å². The maximum atomic E-state index is 13.0. The zero-order valence-corrected chi connectivity index (χ0v) is 21.2. The van der Waals surface area contributed by atoms with Gasteiger partial charge >= 0.3 is 5.84 Å². The van der Waals surface area contributed by atoms with Crippen LogP contribution in [0.1, 0.15) is 33.3 Å². The lowest BCUT2D eigenvalue weighted by Crippen LogP contribution is -2.53. The van der Waals surface area contributed by atoms with E-state index in [1.54, 1.807) is 11.8 Å². The van der Waals surface area contributed by atoms with Crippen LogP contribution in [-0.2, 0) is 0 Å². The Morgan fingerprint density at radius 3 is 2.07 bits per heavy atom. The van der Waals surface area contributed by atoms with Crippen LogP contribution in [0.5, 0.6) is 0 Å². The van der Waals surface area contributed by atoms with Crippen LogP contribution in [0.4, 0.5) is 0 Å². The standard InChI is InChI=1S/C19H20N2O2S6/c1-18(2)19(3,4)21(23)13(20(18)22)10-5-6-11-12(9-10)27-16(26-11)17-28-14-15(29-17)25-8-7-24-14/h5-6,9,22H,7-8H2,1-4H3. The molecule has 4 aliphatic rings. The van der Waals surface area contributed by atoms with Crippen molar-refractivity contribution in [1.29, 1.82) is 0 Å². The van der Waals surface area contributed by atoms with E-state index >= 15 is 0 Å². The molecule has 0 radical (unpaired) electrons. The Morgan fingerprint density at radius 1 is 0.897 bits per heavy atom. The zero-order chi connectivity index (χ0) is 20.6. The number of hydrogen-bond acceptors (Lipinski definition) is 9. The summed E-state index contributed by atoms with van der Waals surface area (Å²) in [6.07, 6.45) is 0. The Kier molecular flexibility index (Phi) is 5.25. The van der Waals surface area contributed by atoms with Gasteiger partial charge in [-0.2, -0.15) is 0 Å². The smallest absolute Gasteiger partial charge is 0.313 e. The number of amidine groups is 1. The molecule has 4 heterocycles. The molecule has 1 aromatic carbocycles. The Hall–Kier alpha value is 0.0300. The Morgan fingerprint density at radius 2 is 1.48 bits per heavy atom. The van der Waals surface area contributed by atoms with Crippen molar-refractivity contribution in [3.63, 3.8) is 0 Å². The number of thioether (sulfide) groups is 6. The predicted octanol–water partition coefficient (Wildman–Crippen LogP) is 6.62. The molecule has 4 nitrogen and oxygen atoms in total. The summed E-state index contributed by atoms with van der Waals surface area (Å²) in [5.74, 6) is 2.71. The number of hydrogen-bond donors (Lipinski definition) is 1. The molecule has 0 unspecified atom stereocenters. The van der Waals surface area contributed by atoms with Gasteiger partial charge in [-0.1, -0.05) is 47.0 Å². The molecule has 0 saturated carbocycles. The number of hydroxylamine groups is 3. The maximum absolute atomic E-state index is 13.0. The number of nitrogens with zero attached hydrogens (tertiary/aromatic N) is 2. The maximum Gasteiger partial charge on any atom is 0.313 e. The van der Waals surface area contributed by atoms with Crippen molar-refractivity contribution in [2.75, 3.05) is 11.5 Å². The van der Waals surface area contributed by atoms with Crippen LogP contribution in [0.2, 0.25) is 0 Å². The highest BCUT2D eigenvalue weighted by atomic mass is 32.3. The third kappa shape index (κ3) is 3.20. The molecule has 0 amide bonds. The molecule has 5 rings (SSSR count). The molecule has 154 valence electrons. The van der Waals surface area contributed by atoms with Gasteiger partial charge < -0.3 is 5.21 Å². The third-order valence-corrected chi connectivity index (χ3v) is 14.6. The molecule has 0 aliphatic carbocycles. The van der Waals surface area contributed by atoms with Crippen LogP contribution >= 0.6 is 70.6 Å². The fourth-order valence-corrected chi connectivity index (χ4v) is 12.1. The minimum atomic E-state index is -0.734. The normalized spacial score (nSPS) is 25.2. The molecule has 0 fully saturated rings. The van der Waals surface area contributed by atoms with E-state index in [4.69, 9.17) is 0 Å². The van der Waals surface area contributed by atoms with Crippen LogP contribution in [0.15, 0.2) is 44.9 Å². The summed E-state index contributed by atoms with van der Waals surface area (Å²) in [6, 6.07) is 6.07. The van der Waals surface area contributed by atoms with Gasteiger partial charge in [-0.15, -0.1) is 28.6 Å². The first-order valence-electron chi connectivity index (χ1n) is 9.13. The minimum absolute atomic E-state index is 0.323. The number of benzene rings is 1. The molecule has 0 saturated heterocycles. The molecule has 0 atom stereocenters. The molecular formula is C19H20N2O2S6. The molecule has 1 N–H and O–H groups in total. The van der Waals surface area contributed by atoms with Crippen LogP contribution < -0.4 is 0 Å². The zero-order valence-electron chi connectivity index (χ0n) is 16.3. The molecule has 10 heteroatoms. The van der Waals surface area contributed by atoms with Gasteiger partial charge in [0.15, 0.2) is 5.54 Å². The van der Waals surface area contributed by atoms with Crippen LogP contribution in [0, 0.1) is 5.21 Å². The van der Waals surface area contributed by atoms with Gasteiger partial charge in [0.2, 0.25) is 0 Å². The average molecular weight is 501 g/mol. The second-order valence-electron chi connectivity index (χ2n) is 7.96. The van der Waals surface area contributed by atoms with Crippen molar-refractivity contribution in [3.8, 4) is 0 Å². The number of rotatable bonds is 1. The van der Waals surface area contributed by atoms with Gasteiger partial charge in [0, 0.05) is 21.3 Å². The first kappa shape index (κ1) is 20.9. The highest BCUT2D eigenvalue weighted by molar-refractivity contribution is 8.42. The van der Waals surface area contributed by atoms with Gasteiger partial charge in [-0.25, -0.2) is 5.21 Å². The minimum Gasteiger partial charge on any atom is -0.714 e. The lowest BCUT2D eigenvalue weighted by molar-refractivity contribution is -0.539. The monoisotopic (exact) mass is 500 g/mol. The van der Waals surface area contributed by atoms with E-state index in [0.717, 1.165) is 20.3 Å². The molecule has 4 aliphatic heterocycles. The van der Waals surface area contributed by atoms with Crippen molar-refractivity contribution < 1.29 is 9.95 Å². The summed E-state index contributed by atoms with van der Waals surface area (Å²) in [5, 5.41) is 24.9. The van der Waals surface area contributed by atoms with E-state index < -0.39 is 11.1 Å². The van der Waals surface area contributed by atoms with Crippen LogP contribution in [-0.4, -0.2) is 43.4 Å². The first-order chi connectivity index (χ1) is 13.7. The van der Waals surface area contributed by atoms with Gasteiger partial charge in [0.1, 0.15) is 5.54 Å². The Labute approximate surface area is 196 Å². The average Bonchev–Trinajstić information content (AvgIpc) is 3.33. The van der Waals surface area contributed by atoms with Crippen molar-refractivity contribution in [1.82, 2.24) is 5.06 Å². The highest BCUT2D eigenvalue weighted by Gasteiger charge is 2.58. The van der Waals surface area contributed by atoms with Crippen molar-refractivity contribution in [2.45, 2.75) is 48.6 Å². The topological polar surface area (TPSA) is 49.5 Å². The van der Waals surface area contributed by atoms with Gasteiger partial charge in [0.05, 0.1) is 22.5 Å². The van der Waals surface area contributed by atoms with Gasteiger partial charge in [0.25, 0.3) is 0 Å². The van der Waals surface area contributed by atoms with Crippen molar-refractivity contribution in [2.24, 2.45) is 0 Å². The lowest BCUT2D eigenvalue weighted by atomic mass is 9.84. The molecule has 0 spiro atoms. The predicted molar refractivity (Wildman–Crippen MR) is 132 cm³/mol. The summed E-state index contributed by atoms with van der Waals surface area (Å²) < 4.78 is 6.55.